The summed E-state index contributed by atoms with van der Waals surface area (Å²) < 4.78 is 1.97. The van der Waals surface area contributed by atoms with E-state index in [2.05, 4.69) is 48.9 Å². The zero-order valence-corrected chi connectivity index (χ0v) is 13.6. The molecule has 0 unspecified atom stereocenters. The lowest BCUT2D eigenvalue weighted by Gasteiger charge is -2.21. The van der Waals surface area contributed by atoms with Crippen LogP contribution in [0, 0.1) is 0 Å². The number of benzene rings is 2. The van der Waals surface area contributed by atoms with Crippen molar-refractivity contribution in [2.75, 3.05) is 11.9 Å². The molecule has 0 N–H and O–H groups in total. The fraction of sp³-hybridized carbons (Fsp3) is 0.133. The quantitative estimate of drug-likeness (QED) is 0.716. The van der Waals surface area contributed by atoms with Gasteiger partial charge in [0.25, 0.3) is 0 Å². The number of halogens is 2. The average Bonchev–Trinajstić information content (AvgIpc) is 2.38. The van der Waals surface area contributed by atoms with Gasteiger partial charge in [0.1, 0.15) is 0 Å². The number of nitrogens with zero attached hydrogens (tertiary/aromatic N) is 1. The van der Waals surface area contributed by atoms with E-state index >= 15 is 0 Å². The molecular weight excluding hydrogens is 370 g/mol. The average molecular weight is 383 g/mol. The molecule has 0 aliphatic carbocycles. The molecule has 0 amide bonds. The Balaban J connectivity index is 2.24. The first kappa shape index (κ1) is 14.3. The van der Waals surface area contributed by atoms with E-state index in [-0.39, 0.29) is 0 Å². The molecule has 0 heterocycles. The SMILES string of the molecule is CN(Cc1cccc(Br)c1)c1ccc(Br)cc1C=O. The molecule has 0 aliphatic rings. The summed E-state index contributed by atoms with van der Waals surface area (Å²) in [5.41, 5.74) is 2.81. The van der Waals surface area contributed by atoms with Gasteiger partial charge in [-0.1, -0.05) is 44.0 Å². The lowest BCUT2D eigenvalue weighted by atomic mass is 10.1. The van der Waals surface area contributed by atoms with Crippen LogP contribution in [0.25, 0.3) is 0 Å². The Hall–Kier alpha value is -1.13. The van der Waals surface area contributed by atoms with E-state index in [4.69, 9.17) is 0 Å². The van der Waals surface area contributed by atoms with Gasteiger partial charge in [-0.05, 0) is 35.9 Å². The minimum Gasteiger partial charge on any atom is -0.370 e. The van der Waals surface area contributed by atoms with E-state index in [1.54, 1.807) is 0 Å². The first-order valence-corrected chi connectivity index (χ1v) is 7.39. The molecule has 0 atom stereocenters. The monoisotopic (exact) mass is 381 g/mol. The largest absolute Gasteiger partial charge is 0.370 e. The van der Waals surface area contributed by atoms with Crippen molar-refractivity contribution in [1.82, 2.24) is 0 Å². The molecule has 0 fully saturated rings. The number of aldehydes is 1. The second-order valence-corrected chi connectivity index (χ2v) is 6.14. The third kappa shape index (κ3) is 3.67. The van der Waals surface area contributed by atoms with E-state index in [9.17, 15) is 4.79 Å². The van der Waals surface area contributed by atoms with Gasteiger partial charge in [-0.3, -0.25) is 4.79 Å². The summed E-state index contributed by atoms with van der Waals surface area (Å²) in [6, 6.07) is 13.9. The van der Waals surface area contributed by atoms with Crippen molar-refractivity contribution in [2.24, 2.45) is 0 Å². The molecule has 0 spiro atoms. The van der Waals surface area contributed by atoms with Gasteiger partial charge in [-0.15, -0.1) is 0 Å². The number of carbonyl (C=O) groups excluding carboxylic acids is 1. The molecule has 4 heteroatoms. The first-order chi connectivity index (χ1) is 9.10. The maximum atomic E-state index is 11.1. The lowest BCUT2D eigenvalue weighted by Crippen LogP contribution is -2.17. The molecule has 2 aromatic rings. The van der Waals surface area contributed by atoms with Crippen LogP contribution in [0.5, 0.6) is 0 Å². The minimum absolute atomic E-state index is 0.687. The normalized spacial score (nSPS) is 10.3. The van der Waals surface area contributed by atoms with Gasteiger partial charge >= 0.3 is 0 Å². The number of anilines is 1. The summed E-state index contributed by atoms with van der Waals surface area (Å²) >= 11 is 6.84. The van der Waals surface area contributed by atoms with Crippen molar-refractivity contribution in [1.29, 1.82) is 0 Å². The Morgan fingerprint density at radius 3 is 2.53 bits per heavy atom. The summed E-state index contributed by atoms with van der Waals surface area (Å²) in [6.07, 6.45) is 0.886. The van der Waals surface area contributed by atoms with Crippen molar-refractivity contribution in [3.63, 3.8) is 0 Å². The zero-order chi connectivity index (χ0) is 13.8. The Morgan fingerprint density at radius 1 is 1.11 bits per heavy atom. The third-order valence-corrected chi connectivity index (χ3v) is 3.82. The topological polar surface area (TPSA) is 20.3 Å². The Bertz CT molecular complexity index is 598. The van der Waals surface area contributed by atoms with Crippen LogP contribution in [0.2, 0.25) is 0 Å². The van der Waals surface area contributed by atoms with Gasteiger partial charge in [-0.25, -0.2) is 0 Å². The summed E-state index contributed by atoms with van der Waals surface area (Å²) in [5, 5.41) is 0. The third-order valence-electron chi connectivity index (χ3n) is 2.84. The molecule has 2 rings (SSSR count). The molecule has 0 aromatic heterocycles. The maximum absolute atomic E-state index is 11.1. The first-order valence-electron chi connectivity index (χ1n) is 5.80. The fourth-order valence-electron chi connectivity index (χ4n) is 1.96. The highest BCUT2D eigenvalue weighted by Crippen LogP contribution is 2.24. The van der Waals surface area contributed by atoms with Crippen LogP contribution in [-0.4, -0.2) is 13.3 Å². The van der Waals surface area contributed by atoms with Crippen LogP contribution < -0.4 is 4.90 Å². The number of rotatable bonds is 4. The lowest BCUT2D eigenvalue weighted by molar-refractivity contribution is 0.112. The molecule has 98 valence electrons. The highest BCUT2D eigenvalue weighted by Gasteiger charge is 2.08. The second-order valence-electron chi connectivity index (χ2n) is 4.31. The van der Waals surface area contributed by atoms with Gasteiger partial charge in [-0.2, -0.15) is 0 Å². The Labute approximate surface area is 129 Å². The molecule has 0 bridgehead atoms. The molecule has 0 saturated heterocycles. The highest BCUT2D eigenvalue weighted by molar-refractivity contribution is 9.10. The Morgan fingerprint density at radius 2 is 1.84 bits per heavy atom. The summed E-state index contributed by atoms with van der Waals surface area (Å²) in [7, 11) is 1.98. The molecule has 0 aliphatic heterocycles. The highest BCUT2D eigenvalue weighted by atomic mass is 79.9. The van der Waals surface area contributed by atoms with Crippen molar-refractivity contribution < 1.29 is 4.79 Å². The fourth-order valence-corrected chi connectivity index (χ4v) is 2.79. The molecule has 0 radical (unpaired) electrons. The van der Waals surface area contributed by atoms with E-state index in [1.165, 1.54) is 5.56 Å². The predicted molar refractivity (Wildman–Crippen MR) is 85.8 cm³/mol. The van der Waals surface area contributed by atoms with E-state index in [0.717, 1.165) is 27.5 Å². The van der Waals surface area contributed by atoms with Crippen LogP contribution in [-0.2, 0) is 6.54 Å². The van der Waals surface area contributed by atoms with Gasteiger partial charge in [0, 0.05) is 33.8 Å². The predicted octanol–water partition coefficient (Wildman–Crippen LogP) is 4.66. The van der Waals surface area contributed by atoms with Gasteiger partial charge in [0.2, 0.25) is 0 Å². The molecule has 0 saturated carbocycles. The standard InChI is InChI=1S/C15H13Br2NO/c1-18(9-11-3-2-4-13(16)7-11)15-6-5-14(17)8-12(15)10-19/h2-8,10H,9H2,1H3. The van der Waals surface area contributed by atoms with Crippen molar-refractivity contribution >= 4 is 43.8 Å². The van der Waals surface area contributed by atoms with E-state index in [0.29, 0.717) is 5.56 Å². The van der Waals surface area contributed by atoms with E-state index in [1.807, 2.05) is 37.4 Å². The second kappa shape index (κ2) is 6.35. The van der Waals surface area contributed by atoms with Crippen molar-refractivity contribution in [3.8, 4) is 0 Å². The maximum Gasteiger partial charge on any atom is 0.152 e. The van der Waals surface area contributed by atoms with Crippen LogP contribution >= 0.6 is 31.9 Å². The van der Waals surface area contributed by atoms with E-state index < -0.39 is 0 Å². The van der Waals surface area contributed by atoms with Crippen molar-refractivity contribution in [3.05, 3.63) is 62.5 Å². The zero-order valence-electron chi connectivity index (χ0n) is 10.4. The Kier molecular flexibility index (Phi) is 4.77. The molecule has 2 aromatic carbocycles. The summed E-state index contributed by atoms with van der Waals surface area (Å²) in [5.74, 6) is 0. The minimum atomic E-state index is 0.687. The van der Waals surface area contributed by atoms with Gasteiger partial charge < -0.3 is 4.90 Å². The van der Waals surface area contributed by atoms with Gasteiger partial charge in [0.15, 0.2) is 6.29 Å². The summed E-state index contributed by atoms with van der Waals surface area (Å²) in [4.78, 5) is 13.2. The summed E-state index contributed by atoms with van der Waals surface area (Å²) in [6.45, 7) is 0.752. The van der Waals surface area contributed by atoms with Crippen LogP contribution in [0.1, 0.15) is 15.9 Å². The van der Waals surface area contributed by atoms with Crippen LogP contribution in [0.4, 0.5) is 5.69 Å². The van der Waals surface area contributed by atoms with Crippen molar-refractivity contribution in [2.45, 2.75) is 6.54 Å². The van der Waals surface area contributed by atoms with Crippen LogP contribution in [0.3, 0.4) is 0 Å². The van der Waals surface area contributed by atoms with Gasteiger partial charge in [0.05, 0.1) is 0 Å². The molecule has 2 nitrogen and oxygen atoms in total. The molecule has 19 heavy (non-hydrogen) atoms. The smallest absolute Gasteiger partial charge is 0.152 e. The number of carbonyl (C=O) groups is 1. The number of hydrogen-bond donors (Lipinski definition) is 0. The number of hydrogen-bond acceptors (Lipinski definition) is 2. The molecular formula is C15H13Br2NO. The van der Waals surface area contributed by atoms with Crippen LogP contribution in [0.15, 0.2) is 51.4 Å².